The topological polar surface area (TPSA) is 66.8 Å². The van der Waals surface area contributed by atoms with Gasteiger partial charge in [0, 0.05) is 6.07 Å². The van der Waals surface area contributed by atoms with Gasteiger partial charge in [0.2, 0.25) is 0 Å². The third kappa shape index (κ3) is 13.0. The molecule has 4 heteroatoms. The Morgan fingerprint density at radius 1 is 0.828 bits per heavy atom. The van der Waals surface area contributed by atoms with Crippen LogP contribution >= 0.6 is 0 Å². The van der Waals surface area contributed by atoms with Crippen molar-refractivity contribution < 1.29 is 19.7 Å². The van der Waals surface area contributed by atoms with Gasteiger partial charge in [-0.2, -0.15) is 0 Å². The standard InChI is InChI=1S/C25H40O4/c1-2-3-4-5-6-7-8-9-10-11-12-13-14-15-16-17-20-29-25(28)23-19-18-22(26)21-24(23)27/h9-10,18-19,21,26-27H,2-8,11-17,20H2,1H3/b10-9-. The molecule has 0 atom stereocenters. The lowest BCUT2D eigenvalue weighted by molar-refractivity contribution is 0.0494. The molecule has 0 saturated heterocycles. The number of allylic oxidation sites excluding steroid dienone is 2. The highest BCUT2D eigenvalue weighted by Gasteiger charge is 2.12. The fraction of sp³-hybridized carbons (Fsp3) is 0.640. The maximum absolute atomic E-state index is 11.9. The average Bonchev–Trinajstić information content (AvgIpc) is 2.70. The molecular formula is C25H40O4. The first-order chi connectivity index (χ1) is 14.1. The molecule has 0 aliphatic rings. The summed E-state index contributed by atoms with van der Waals surface area (Å²) in [5, 5.41) is 18.9. The predicted molar refractivity (Wildman–Crippen MR) is 120 cm³/mol. The van der Waals surface area contributed by atoms with Crippen LogP contribution in [0, 0.1) is 0 Å². The molecular weight excluding hydrogens is 364 g/mol. The minimum absolute atomic E-state index is 0.0765. The average molecular weight is 405 g/mol. The lowest BCUT2D eigenvalue weighted by Gasteiger charge is -2.06. The van der Waals surface area contributed by atoms with Gasteiger partial charge in [-0.1, -0.05) is 76.9 Å². The summed E-state index contributed by atoms with van der Waals surface area (Å²) in [5.74, 6) is -0.876. The van der Waals surface area contributed by atoms with E-state index in [-0.39, 0.29) is 17.1 Å². The molecule has 0 unspecified atom stereocenters. The number of esters is 1. The number of carbonyl (C=O) groups excluding carboxylic acids is 1. The number of ether oxygens (including phenoxy) is 1. The van der Waals surface area contributed by atoms with Gasteiger partial charge in [0.1, 0.15) is 17.1 Å². The van der Waals surface area contributed by atoms with Crippen LogP contribution in [0.25, 0.3) is 0 Å². The molecule has 0 aromatic heterocycles. The van der Waals surface area contributed by atoms with Crippen LogP contribution < -0.4 is 0 Å². The van der Waals surface area contributed by atoms with E-state index in [2.05, 4.69) is 19.1 Å². The van der Waals surface area contributed by atoms with Crippen LogP contribution in [0.4, 0.5) is 0 Å². The van der Waals surface area contributed by atoms with Crippen molar-refractivity contribution in [2.75, 3.05) is 6.61 Å². The van der Waals surface area contributed by atoms with Crippen molar-refractivity contribution in [1.82, 2.24) is 0 Å². The summed E-state index contributed by atoms with van der Waals surface area (Å²) in [7, 11) is 0. The van der Waals surface area contributed by atoms with Crippen molar-refractivity contribution in [3.63, 3.8) is 0 Å². The predicted octanol–water partition coefficient (Wildman–Crippen LogP) is 7.29. The summed E-state index contributed by atoms with van der Waals surface area (Å²) >= 11 is 0. The van der Waals surface area contributed by atoms with Crippen LogP contribution in [0.3, 0.4) is 0 Å². The van der Waals surface area contributed by atoms with Gasteiger partial charge >= 0.3 is 5.97 Å². The number of benzene rings is 1. The number of phenols is 2. The van der Waals surface area contributed by atoms with Gasteiger partial charge in [-0.15, -0.1) is 0 Å². The molecule has 0 heterocycles. The van der Waals surface area contributed by atoms with Crippen molar-refractivity contribution in [2.45, 2.75) is 96.8 Å². The van der Waals surface area contributed by atoms with Crippen LogP contribution in [-0.2, 0) is 4.74 Å². The second-order valence-corrected chi connectivity index (χ2v) is 7.78. The van der Waals surface area contributed by atoms with Gasteiger partial charge in [-0.3, -0.25) is 0 Å². The number of aromatic hydroxyl groups is 2. The summed E-state index contributed by atoms with van der Waals surface area (Å²) in [6.07, 6.45) is 22.0. The summed E-state index contributed by atoms with van der Waals surface area (Å²) in [6, 6.07) is 3.87. The van der Waals surface area contributed by atoms with Gasteiger partial charge in [0.15, 0.2) is 0 Å². The van der Waals surface area contributed by atoms with Gasteiger partial charge in [0.05, 0.1) is 6.61 Å². The van der Waals surface area contributed by atoms with Gasteiger partial charge in [0.25, 0.3) is 0 Å². The number of carbonyl (C=O) groups is 1. The second-order valence-electron chi connectivity index (χ2n) is 7.78. The van der Waals surface area contributed by atoms with E-state index in [9.17, 15) is 15.0 Å². The van der Waals surface area contributed by atoms with Crippen molar-refractivity contribution >= 4 is 5.97 Å². The van der Waals surface area contributed by atoms with Gasteiger partial charge in [-0.25, -0.2) is 4.79 Å². The van der Waals surface area contributed by atoms with Gasteiger partial charge in [-0.05, 0) is 44.2 Å². The minimum atomic E-state index is -0.546. The first-order valence-corrected chi connectivity index (χ1v) is 11.5. The van der Waals surface area contributed by atoms with Crippen molar-refractivity contribution in [3.8, 4) is 11.5 Å². The second kappa shape index (κ2) is 16.9. The Hall–Kier alpha value is -1.97. The number of phenolic OH excluding ortho intramolecular Hbond substituents is 2. The molecule has 1 aromatic carbocycles. The number of hydrogen-bond acceptors (Lipinski definition) is 4. The summed E-state index contributed by atoms with van der Waals surface area (Å²) in [6.45, 7) is 2.62. The highest BCUT2D eigenvalue weighted by molar-refractivity contribution is 5.92. The molecule has 0 fully saturated rings. The fourth-order valence-electron chi connectivity index (χ4n) is 3.28. The van der Waals surface area contributed by atoms with E-state index in [1.165, 1.54) is 82.8 Å². The molecule has 0 bridgehead atoms. The monoisotopic (exact) mass is 404 g/mol. The SMILES string of the molecule is CCCCCCCC/C=C\CCCCCCCCOC(=O)c1ccc(O)cc1O. The number of rotatable bonds is 17. The van der Waals surface area contributed by atoms with E-state index < -0.39 is 5.97 Å². The Kier molecular flexibility index (Phi) is 14.6. The molecule has 0 radical (unpaired) electrons. The van der Waals surface area contributed by atoms with Crippen molar-refractivity contribution in [2.24, 2.45) is 0 Å². The zero-order chi connectivity index (χ0) is 21.2. The minimum Gasteiger partial charge on any atom is -0.508 e. The smallest absolute Gasteiger partial charge is 0.341 e. The molecule has 29 heavy (non-hydrogen) atoms. The molecule has 2 N–H and O–H groups in total. The lowest BCUT2D eigenvalue weighted by Crippen LogP contribution is -2.06. The summed E-state index contributed by atoms with van der Waals surface area (Å²) < 4.78 is 5.18. The highest BCUT2D eigenvalue weighted by atomic mass is 16.5. The quantitative estimate of drug-likeness (QED) is 0.162. The Labute approximate surface area is 177 Å². The van der Waals surface area contributed by atoms with E-state index in [4.69, 9.17) is 4.74 Å². The first-order valence-electron chi connectivity index (χ1n) is 11.5. The zero-order valence-corrected chi connectivity index (χ0v) is 18.2. The molecule has 1 aromatic rings. The van der Waals surface area contributed by atoms with Crippen molar-refractivity contribution in [1.29, 1.82) is 0 Å². The molecule has 164 valence electrons. The first kappa shape index (κ1) is 25.1. The third-order valence-corrected chi connectivity index (χ3v) is 5.09. The van der Waals surface area contributed by atoms with E-state index in [1.807, 2.05) is 0 Å². The van der Waals surface area contributed by atoms with Crippen LogP contribution in [0.15, 0.2) is 30.4 Å². The van der Waals surface area contributed by atoms with Gasteiger partial charge < -0.3 is 14.9 Å². The van der Waals surface area contributed by atoms with E-state index >= 15 is 0 Å². The van der Waals surface area contributed by atoms with Crippen LogP contribution in [0.5, 0.6) is 11.5 Å². The molecule has 0 spiro atoms. The Bertz CT molecular complexity index is 580. The molecule has 0 saturated carbocycles. The highest BCUT2D eigenvalue weighted by Crippen LogP contribution is 2.23. The molecule has 4 nitrogen and oxygen atoms in total. The van der Waals surface area contributed by atoms with E-state index in [0.29, 0.717) is 6.61 Å². The summed E-state index contributed by atoms with van der Waals surface area (Å²) in [4.78, 5) is 11.9. The normalized spacial score (nSPS) is 11.2. The van der Waals surface area contributed by atoms with Crippen LogP contribution in [0.2, 0.25) is 0 Å². The maximum Gasteiger partial charge on any atom is 0.341 e. The van der Waals surface area contributed by atoms with Crippen LogP contribution in [-0.4, -0.2) is 22.8 Å². The lowest BCUT2D eigenvalue weighted by atomic mass is 10.1. The summed E-state index contributed by atoms with van der Waals surface area (Å²) in [5.41, 5.74) is 0.0901. The third-order valence-electron chi connectivity index (χ3n) is 5.09. The Balaban J connectivity index is 1.88. The Morgan fingerprint density at radius 3 is 1.97 bits per heavy atom. The molecule has 0 aliphatic carbocycles. The maximum atomic E-state index is 11.9. The molecule has 1 rings (SSSR count). The fourth-order valence-corrected chi connectivity index (χ4v) is 3.28. The van der Waals surface area contributed by atoms with Crippen molar-refractivity contribution in [3.05, 3.63) is 35.9 Å². The van der Waals surface area contributed by atoms with E-state index in [0.717, 1.165) is 25.3 Å². The zero-order valence-electron chi connectivity index (χ0n) is 18.2. The molecule has 0 aliphatic heterocycles. The Morgan fingerprint density at radius 2 is 1.38 bits per heavy atom. The molecule has 0 amide bonds. The van der Waals surface area contributed by atoms with E-state index in [1.54, 1.807) is 0 Å². The number of unbranched alkanes of at least 4 members (excludes halogenated alkanes) is 12. The van der Waals surface area contributed by atoms with Crippen LogP contribution in [0.1, 0.15) is 107 Å². The number of hydrogen-bond donors (Lipinski definition) is 2. The largest absolute Gasteiger partial charge is 0.508 e.